The zero-order chi connectivity index (χ0) is 11.5. The number of rotatable bonds is 1. The fraction of sp³-hybridized carbons (Fsp3) is 0.417. The summed E-state index contributed by atoms with van der Waals surface area (Å²) in [5.41, 5.74) is 0.565. The summed E-state index contributed by atoms with van der Waals surface area (Å²) in [5, 5.41) is 0.574. The average Bonchev–Trinajstić information content (AvgIpc) is 2.29. The van der Waals surface area contributed by atoms with Crippen molar-refractivity contribution in [3.05, 3.63) is 34.9 Å². The molecule has 0 aliphatic carbocycles. The molecule has 86 valence electrons. The number of benzene rings is 1. The summed E-state index contributed by atoms with van der Waals surface area (Å²) in [6, 6.07) is 7.13. The van der Waals surface area contributed by atoms with E-state index in [0.29, 0.717) is 17.1 Å². The molecular weight excluding hydrogens is 245 g/mol. The number of amides is 1. The van der Waals surface area contributed by atoms with Gasteiger partial charge in [0.2, 0.25) is 0 Å². The molecule has 1 aromatic carbocycles. The van der Waals surface area contributed by atoms with Crippen LogP contribution in [0.3, 0.4) is 0 Å². The number of piperidine rings is 1. The van der Waals surface area contributed by atoms with Crippen molar-refractivity contribution >= 4 is 29.1 Å². The lowest BCUT2D eigenvalue weighted by atomic mass is 10.1. The van der Waals surface area contributed by atoms with Crippen molar-refractivity contribution in [2.75, 3.05) is 13.1 Å². The molecule has 0 N–H and O–H groups in total. The van der Waals surface area contributed by atoms with Gasteiger partial charge in [-0.15, -0.1) is 11.6 Å². The van der Waals surface area contributed by atoms with E-state index in [9.17, 15) is 4.79 Å². The van der Waals surface area contributed by atoms with Gasteiger partial charge in [0.1, 0.15) is 0 Å². The van der Waals surface area contributed by atoms with E-state index in [0.717, 1.165) is 19.4 Å². The van der Waals surface area contributed by atoms with Gasteiger partial charge >= 0.3 is 0 Å². The van der Waals surface area contributed by atoms with Gasteiger partial charge in [-0.1, -0.05) is 23.7 Å². The summed E-state index contributed by atoms with van der Waals surface area (Å²) >= 11 is 12.1. The monoisotopic (exact) mass is 257 g/mol. The molecule has 1 atom stereocenters. The van der Waals surface area contributed by atoms with E-state index in [-0.39, 0.29) is 11.3 Å². The highest BCUT2D eigenvalue weighted by Gasteiger charge is 2.24. The highest BCUT2D eigenvalue weighted by Crippen LogP contribution is 2.21. The number of alkyl halides is 1. The van der Waals surface area contributed by atoms with Gasteiger partial charge in [-0.05, 0) is 25.0 Å². The lowest BCUT2D eigenvalue weighted by molar-refractivity contribution is 0.0727. The number of carbonyl (C=O) groups is 1. The van der Waals surface area contributed by atoms with Crippen molar-refractivity contribution in [1.82, 2.24) is 4.90 Å². The molecule has 0 bridgehead atoms. The van der Waals surface area contributed by atoms with Crippen molar-refractivity contribution in [1.29, 1.82) is 0 Å². The standard InChI is InChI=1S/C12H13Cl2NO/c13-9-4-3-7-15(8-9)12(16)10-5-1-2-6-11(10)14/h1-2,5-6,9H,3-4,7-8H2. The van der Waals surface area contributed by atoms with E-state index >= 15 is 0 Å². The number of halogens is 2. The van der Waals surface area contributed by atoms with E-state index < -0.39 is 0 Å². The first-order chi connectivity index (χ1) is 7.68. The van der Waals surface area contributed by atoms with Crippen LogP contribution in [0.1, 0.15) is 23.2 Å². The zero-order valence-electron chi connectivity index (χ0n) is 8.83. The molecule has 1 aliphatic rings. The van der Waals surface area contributed by atoms with Crippen molar-refractivity contribution < 1.29 is 4.79 Å². The lowest BCUT2D eigenvalue weighted by Crippen LogP contribution is -2.40. The maximum Gasteiger partial charge on any atom is 0.255 e. The minimum Gasteiger partial charge on any atom is -0.337 e. The van der Waals surface area contributed by atoms with Crippen LogP contribution < -0.4 is 0 Å². The highest BCUT2D eigenvalue weighted by atomic mass is 35.5. The molecule has 0 radical (unpaired) electrons. The van der Waals surface area contributed by atoms with Crippen LogP contribution in [0.5, 0.6) is 0 Å². The second-order valence-electron chi connectivity index (χ2n) is 3.97. The number of carbonyl (C=O) groups excluding carboxylic acids is 1. The minimum atomic E-state index is -0.0176. The van der Waals surface area contributed by atoms with Crippen molar-refractivity contribution in [3.63, 3.8) is 0 Å². The predicted octanol–water partition coefficient (Wildman–Crippen LogP) is 3.18. The maximum absolute atomic E-state index is 12.1. The first-order valence-corrected chi connectivity index (χ1v) is 6.18. The molecule has 1 amide bonds. The van der Waals surface area contributed by atoms with E-state index in [1.54, 1.807) is 17.0 Å². The molecule has 2 nitrogen and oxygen atoms in total. The Balaban J connectivity index is 2.16. The number of hydrogen-bond donors (Lipinski definition) is 0. The fourth-order valence-electron chi connectivity index (χ4n) is 1.91. The van der Waals surface area contributed by atoms with Gasteiger partial charge in [0.05, 0.1) is 16.0 Å². The number of likely N-dealkylation sites (tertiary alicyclic amines) is 1. The molecule has 0 aromatic heterocycles. The first kappa shape index (κ1) is 11.7. The van der Waals surface area contributed by atoms with Crippen LogP contribution in [0.25, 0.3) is 0 Å². The Morgan fingerprint density at radius 3 is 2.81 bits per heavy atom. The van der Waals surface area contributed by atoms with E-state index in [1.165, 1.54) is 0 Å². The molecule has 0 spiro atoms. The summed E-state index contributed by atoms with van der Waals surface area (Å²) in [4.78, 5) is 13.9. The summed E-state index contributed by atoms with van der Waals surface area (Å²) in [7, 11) is 0. The quantitative estimate of drug-likeness (QED) is 0.708. The second-order valence-corrected chi connectivity index (χ2v) is 4.99. The van der Waals surface area contributed by atoms with Crippen molar-refractivity contribution in [3.8, 4) is 0 Å². The third-order valence-electron chi connectivity index (χ3n) is 2.76. The Labute approximate surface area is 105 Å². The molecule has 1 heterocycles. The minimum absolute atomic E-state index is 0.0176. The first-order valence-electron chi connectivity index (χ1n) is 5.36. The fourth-order valence-corrected chi connectivity index (χ4v) is 2.45. The Morgan fingerprint density at radius 2 is 2.12 bits per heavy atom. The van der Waals surface area contributed by atoms with Crippen LogP contribution in [0.15, 0.2) is 24.3 Å². The summed E-state index contributed by atoms with van der Waals surface area (Å²) in [5.74, 6) is -0.0176. The van der Waals surface area contributed by atoms with Crippen molar-refractivity contribution in [2.45, 2.75) is 18.2 Å². The lowest BCUT2D eigenvalue weighted by Gasteiger charge is -2.30. The SMILES string of the molecule is O=C(c1ccccc1Cl)N1CCCC(Cl)C1. The van der Waals surface area contributed by atoms with Gasteiger partial charge in [0, 0.05) is 13.1 Å². The predicted molar refractivity (Wildman–Crippen MR) is 66.2 cm³/mol. The van der Waals surface area contributed by atoms with E-state index in [1.807, 2.05) is 12.1 Å². The van der Waals surface area contributed by atoms with Crippen LogP contribution in [0.4, 0.5) is 0 Å². The molecule has 1 saturated heterocycles. The number of hydrogen-bond acceptors (Lipinski definition) is 1. The third-order valence-corrected chi connectivity index (χ3v) is 3.44. The average molecular weight is 258 g/mol. The molecule has 1 aliphatic heterocycles. The molecule has 1 unspecified atom stereocenters. The highest BCUT2D eigenvalue weighted by molar-refractivity contribution is 6.33. The van der Waals surface area contributed by atoms with E-state index in [4.69, 9.17) is 23.2 Å². The Bertz CT molecular complexity index is 394. The van der Waals surface area contributed by atoms with Gasteiger partial charge in [-0.2, -0.15) is 0 Å². The van der Waals surface area contributed by atoms with Gasteiger partial charge in [-0.3, -0.25) is 4.79 Å². The van der Waals surface area contributed by atoms with Crippen molar-refractivity contribution in [2.24, 2.45) is 0 Å². The molecule has 4 heteroatoms. The summed E-state index contributed by atoms with van der Waals surface area (Å²) in [6.07, 6.45) is 1.94. The summed E-state index contributed by atoms with van der Waals surface area (Å²) < 4.78 is 0. The van der Waals surface area contributed by atoms with Gasteiger partial charge < -0.3 is 4.90 Å². The second kappa shape index (κ2) is 5.07. The number of nitrogens with zero attached hydrogens (tertiary/aromatic N) is 1. The molecular formula is C12H13Cl2NO. The Kier molecular flexibility index (Phi) is 3.72. The normalized spacial score (nSPS) is 20.9. The third kappa shape index (κ3) is 2.50. The maximum atomic E-state index is 12.1. The van der Waals surface area contributed by atoms with E-state index in [2.05, 4.69) is 0 Å². The molecule has 1 aromatic rings. The molecule has 1 fully saturated rings. The van der Waals surface area contributed by atoms with Gasteiger partial charge in [0.15, 0.2) is 0 Å². The molecule has 0 saturated carbocycles. The van der Waals surface area contributed by atoms with Crippen LogP contribution >= 0.6 is 23.2 Å². The van der Waals surface area contributed by atoms with Crippen LogP contribution in [-0.4, -0.2) is 29.3 Å². The Hall–Kier alpha value is -0.730. The van der Waals surface area contributed by atoms with Gasteiger partial charge in [-0.25, -0.2) is 0 Å². The molecule has 2 rings (SSSR count). The zero-order valence-corrected chi connectivity index (χ0v) is 10.3. The van der Waals surface area contributed by atoms with Crippen LogP contribution in [0, 0.1) is 0 Å². The smallest absolute Gasteiger partial charge is 0.255 e. The van der Waals surface area contributed by atoms with Crippen LogP contribution in [0.2, 0.25) is 5.02 Å². The van der Waals surface area contributed by atoms with Crippen LogP contribution in [-0.2, 0) is 0 Å². The largest absolute Gasteiger partial charge is 0.337 e. The Morgan fingerprint density at radius 1 is 1.38 bits per heavy atom. The topological polar surface area (TPSA) is 20.3 Å². The van der Waals surface area contributed by atoms with Gasteiger partial charge in [0.25, 0.3) is 5.91 Å². The summed E-state index contributed by atoms with van der Waals surface area (Å²) in [6.45, 7) is 1.39. The molecule has 16 heavy (non-hydrogen) atoms.